The van der Waals surface area contributed by atoms with E-state index in [9.17, 15) is 0 Å². The van der Waals surface area contributed by atoms with Gasteiger partial charge in [-0.2, -0.15) is 0 Å². The molecule has 0 fully saturated rings. The molecule has 0 N–H and O–H groups in total. The summed E-state index contributed by atoms with van der Waals surface area (Å²) in [6.45, 7) is 0. The minimum atomic E-state index is 0.632. The number of fused-ring (bicyclic) bond motifs is 1. The van der Waals surface area contributed by atoms with Gasteiger partial charge in [-0.25, -0.2) is 0 Å². The molecule has 0 saturated heterocycles. The SMILES string of the molecule is CSc1c(SN2Sc3c(n(-c4cccnc4)c(=S)n3-c3cccnc3)S2)n(-c2cccnc2)c(=S)n1-c1cccnc1. The lowest BCUT2D eigenvalue weighted by atomic mass is 10.4. The van der Waals surface area contributed by atoms with Crippen molar-refractivity contribution >= 4 is 72.0 Å². The predicted octanol–water partition coefficient (Wildman–Crippen LogP) is 7.65. The highest BCUT2D eigenvalue weighted by atomic mass is 32.3. The standard InChI is InChI=1S/C27H19N9S6/c1-39-22-23(33(19-7-3-11-29-15-19)26(37)32(22)18-6-2-10-28-14-18)40-36-41-24-25(42-36)35(21-9-5-13-31-17-21)27(38)34(24)20-8-4-12-30-16-20/h2-17H,1H3. The molecule has 15 heteroatoms. The second-order valence-corrected chi connectivity index (χ2v) is 13.7. The number of hydrogen-bond donors (Lipinski definition) is 0. The molecule has 1 aliphatic rings. The van der Waals surface area contributed by atoms with E-state index in [2.05, 4.69) is 47.6 Å². The Morgan fingerprint density at radius 3 is 1.33 bits per heavy atom. The molecule has 0 aromatic carbocycles. The Balaban J connectivity index is 1.36. The molecule has 208 valence electrons. The Bertz CT molecular complexity index is 1920. The first-order valence-corrected chi connectivity index (χ1v) is 16.8. The summed E-state index contributed by atoms with van der Waals surface area (Å²) in [6.07, 6.45) is 16.4. The van der Waals surface area contributed by atoms with Gasteiger partial charge in [0.15, 0.2) is 9.54 Å². The summed E-state index contributed by atoms with van der Waals surface area (Å²) in [5.41, 5.74) is 3.57. The summed E-state index contributed by atoms with van der Waals surface area (Å²) < 4.78 is 11.7. The van der Waals surface area contributed by atoms with Gasteiger partial charge in [0.05, 0.1) is 47.5 Å². The molecule has 7 heterocycles. The van der Waals surface area contributed by atoms with Gasteiger partial charge in [-0.15, -0.1) is 14.9 Å². The molecular formula is C27H19N9S6. The number of thioether (sulfide) groups is 1. The lowest BCUT2D eigenvalue weighted by molar-refractivity contribution is 0.890. The number of rotatable bonds is 7. The van der Waals surface area contributed by atoms with Crippen LogP contribution in [0, 0.1) is 9.54 Å². The van der Waals surface area contributed by atoms with Crippen LogP contribution in [0.5, 0.6) is 0 Å². The zero-order valence-electron chi connectivity index (χ0n) is 21.7. The summed E-state index contributed by atoms with van der Waals surface area (Å²) in [7, 11) is 0. The number of nitrogens with zero attached hydrogens (tertiary/aromatic N) is 9. The fraction of sp³-hybridized carbons (Fsp3) is 0.0370. The predicted molar refractivity (Wildman–Crippen MR) is 174 cm³/mol. The van der Waals surface area contributed by atoms with E-state index in [0.717, 1.165) is 42.9 Å². The number of imidazole rings is 2. The molecule has 0 aliphatic carbocycles. The van der Waals surface area contributed by atoms with Crippen LogP contribution in [0.3, 0.4) is 0 Å². The number of pyridine rings is 4. The Hall–Kier alpha value is -3.18. The van der Waals surface area contributed by atoms with Crippen molar-refractivity contribution in [1.82, 2.24) is 41.3 Å². The quantitative estimate of drug-likeness (QED) is 0.0962. The molecule has 0 bridgehead atoms. The highest BCUT2D eigenvalue weighted by Crippen LogP contribution is 2.55. The topological polar surface area (TPSA) is 74.5 Å². The molecule has 0 spiro atoms. The third-order valence-corrected chi connectivity index (χ3v) is 11.4. The van der Waals surface area contributed by atoms with Crippen molar-refractivity contribution in [3.8, 4) is 22.7 Å². The largest absolute Gasteiger partial charge is 0.277 e. The molecule has 42 heavy (non-hydrogen) atoms. The van der Waals surface area contributed by atoms with Crippen LogP contribution < -0.4 is 0 Å². The van der Waals surface area contributed by atoms with E-state index in [-0.39, 0.29) is 0 Å². The lowest BCUT2D eigenvalue weighted by Crippen LogP contribution is -2.03. The zero-order chi connectivity index (χ0) is 28.6. The maximum Gasteiger partial charge on any atom is 0.191 e. The summed E-state index contributed by atoms with van der Waals surface area (Å²) in [6, 6.07) is 15.7. The second-order valence-electron chi connectivity index (χ2n) is 8.67. The van der Waals surface area contributed by atoms with Gasteiger partial charge in [0, 0.05) is 60.6 Å². The Kier molecular flexibility index (Phi) is 7.79. The van der Waals surface area contributed by atoms with Crippen LogP contribution in [0.15, 0.2) is 118 Å². The van der Waals surface area contributed by atoms with Crippen LogP contribution in [0.1, 0.15) is 0 Å². The molecule has 7 rings (SSSR count). The van der Waals surface area contributed by atoms with Crippen LogP contribution >= 0.6 is 72.0 Å². The molecule has 6 aromatic heterocycles. The first-order chi connectivity index (χ1) is 20.7. The van der Waals surface area contributed by atoms with Crippen molar-refractivity contribution in [3.63, 3.8) is 0 Å². The van der Waals surface area contributed by atoms with E-state index in [0.29, 0.717) is 9.54 Å². The van der Waals surface area contributed by atoms with Crippen LogP contribution in [0.25, 0.3) is 22.7 Å². The third kappa shape index (κ3) is 4.84. The monoisotopic (exact) mass is 661 g/mol. The average Bonchev–Trinajstić information content (AvgIpc) is 3.65. The van der Waals surface area contributed by atoms with Crippen LogP contribution in [0.4, 0.5) is 0 Å². The van der Waals surface area contributed by atoms with Gasteiger partial charge in [-0.05, 0) is 79.2 Å². The summed E-state index contributed by atoms with van der Waals surface area (Å²) >= 11 is 18.6. The van der Waals surface area contributed by atoms with E-state index < -0.39 is 0 Å². The van der Waals surface area contributed by atoms with Crippen molar-refractivity contribution in [1.29, 1.82) is 0 Å². The first-order valence-electron chi connectivity index (χ1n) is 12.4. The fourth-order valence-electron chi connectivity index (χ4n) is 4.47. The van der Waals surface area contributed by atoms with Gasteiger partial charge in [-0.1, -0.05) is 0 Å². The Morgan fingerprint density at radius 2 is 0.952 bits per heavy atom. The lowest BCUT2D eigenvalue weighted by Gasteiger charge is -2.16. The molecule has 0 atom stereocenters. The summed E-state index contributed by atoms with van der Waals surface area (Å²) in [5, 5.41) is 3.96. The molecular weight excluding hydrogens is 643 g/mol. The van der Waals surface area contributed by atoms with Crippen molar-refractivity contribution < 1.29 is 0 Å². The first kappa shape index (κ1) is 27.6. The van der Waals surface area contributed by atoms with Gasteiger partial charge in [0.2, 0.25) is 0 Å². The van der Waals surface area contributed by atoms with E-state index >= 15 is 0 Å². The van der Waals surface area contributed by atoms with Crippen molar-refractivity contribution in [2.75, 3.05) is 6.26 Å². The number of hydrogen-bond acceptors (Lipinski definition) is 11. The summed E-state index contributed by atoms with van der Waals surface area (Å²) in [4.78, 5) is 17.4. The van der Waals surface area contributed by atoms with Crippen molar-refractivity contribution in [3.05, 3.63) is 108 Å². The van der Waals surface area contributed by atoms with E-state index in [1.165, 1.54) is 0 Å². The van der Waals surface area contributed by atoms with Crippen molar-refractivity contribution in [2.24, 2.45) is 0 Å². The molecule has 0 amide bonds. The fourth-order valence-corrected chi connectivity index (χ4v) is 10.2. The van der Waals surface area contributed by atoms with Gasteiger partial charge in [0.1, 0.15) is 20.1 Å². The minimum Gasteiger partial charge on any atom is -0.277 e. The maximum absolute atomic E-state index is 6.09. The highest BCUT2D eigenvalue weighted by molar-refractivity contribution is 8.27. The maximum atomic E-state index is 6.09. The van der Waals surface area contributed by atoms with Crippen LogP contribution in [0.2, 0.25) is 0 Å². The van der Waals surface area contributed by atoms with Gasteiger partial charge in [0.25, 0.3) is 0 Å². The van der Waals surface area contributed by atoms with Gasteiger partial charge >= 0.3 is 0 Å². The molecule has 9 nitrogen and oxygen atoms in total. The van der Waals surface area contributed by atoms with Crippen molar-refractivity contribution in [2.45, 2.75) is 20.1 Å². The molecule has 0 saturated carbocycles. The van der Waals surface area contributed by atoms with E-state index in [4.69, 9.17) is 24.4 Å². The Morgan fingerprint density at radius 1 is 0.571 bits per heavy atom. The van der Waals surface area contributed by atoms with Crippen LogP contribution in [-0.4, -0.2) is 47.6 Å². The molecule has 1 aliphatic heterocycles. The molecule has 0 radical (unpaired) electrons. The molecule has 0 unspecified atom stereocenters. The average molecular weight is 662 g/mol. The van der Waals surface area contributed by atoms with Crippen LogP contribution in [-0.2, 0) is 0 Å². The highest BCUT2D eigenvalue weighted by Gasteiger charge is 2.34. The van der Waals surface area contributed by atoms with E-state index in [1.54, 1.807) is 72.4 Å². The number of aromatic nitrogens is 8. The molecule has 6 aromatic rings. The van der Waals surface area contributed by atoms with Gasteiger partial charge < -0.3 is 0 Å². The zero-order valence-corrected chi connectivity index (χ0v) is 26.6. The normalized spacial score (nSPS) is 13.0. The third-order valence-electron chi connectivity index (χ3n) is 6.24. The smallest absolute Gasteiger partial charge is 0.191 e. The van der Waals surface area contributed by atoms with Gasteiger partial charge in [-0.3, -0.25) is 38.2 Å². The van der Waals surface area contributed by atoms with E-state index in [1.807, 2.05) is 73.3 Å². The second kappa shape index (κ2) is 11.8. The summed E-state index contributed by atoms with van der Waals surface area (Å²) in [5.74, 6) is 0. The Labute approximate surface area is 268 Å². The minimum absolute atomic E-state index is 0.632.